The third-order valence-electron chi connectivity index (χ3n) is 3.36. The summed E-state index contributed by atoms with van der Waals surface area (Å²) in [6, 6.07) is 14.9. The van der Waals surface area contributed by atoms with Gasteiger partial charge >= 0.3 is 0 Å². The van der Waals surface area contributed by atoms with E-state index in [1.165, 1.54) is 16.7 Å². The lowest BCUT2D eigenvalue weighted by molar-refractivity contribution is 0.413. The standard InChI is InChI=1S/C17H20BrNO/c1-4-19-17(13-6-5-7-15(10-13)20-3)14-9-8-12(2)16(18)11-14/h5-11,17,19H,4H2,1-3H3. The van der Waals surface area contributed by atoms with Crippen LogP contribution < -0.4 is 10.1 Å². The molecule has 0 amide bonds. The van der Waals surface area contributed by atoms with Crippen LogP contribution in [0.2, 0.25) is 0 Å². The minimum atomic E-state index is 0.173. The highest BCUT2D eigenvalue weighted by atomic mass is 79.9. The van der Waals surface area contributed by atoms with Crippen LogP contribution in [-0.2, 0) is 0 Å². The highest BCUT2D eigenvalue weighted by Crippen LogP contribution is 2.28. The van der Waals surface area contributed by atoms with Gasteiger partial charge < -0.3 is 10.1 Å². The Bertz CT molecular complexity index is 583. The Kier molecular flexibility index (Phi) is 5.21. The zero-order valence-electron chi connectivity index (χ0n) is 12.1. The maximum absolute atomic E-state index is 5.32. The van der Waals surface area contributed by atoms with Gasteiger partial charge in [-0.3, -0.25) is 0 Å². The van der Waals surface area contributed by atoms with Gasteiger partial charge in [-0.2, -0.15) is 0 Å². The Hall–Kier alpha value is -1.32. The maximum Gasteiger partial charge on any atom is 0.119 e. The van der Waals surface area contributed by atoms with E-state index in [4.69, 9.17) is 4.74 Å². The monoisotopic (exact) mass is 333 g/mol. The van der Waals surface area contributed by atoms with Crippen molar-refractivity contribution in [3.63, 3.8) is 0 Å². The molecule has 2 aromatic carbocycles. The molecule has 0 saturated heterocycles. The predicted molar refractivity (Wildman–Crippen MR) is 87.4 cm³/mol. The number of methoxy groups -OCH3 is 1. The Labute approximate surface area is 129 Å². The van der Waals surface area contributed by atoms with Crippen molar-refractivity contribution in [2.75, 3.05) is 13.7 Å². The normalized spacial score (nSPS) is 12.2. The van der Waals surface area contributed by atoms with Crippen molar-refractivity contribution in [2.45, 2.75) is 19.9 Å². The molecule has 0 saturated carbocycles. The summed E-state index contributed by atoms with van der Waals surface area (Å²) in [5, 5.41) is 3.54. The molecule has 2 nitrogen and oxygen atoms in total. The molecule has 2 aromatic rings. The first-order chi connectivity index (χ1) is 9.65. The smallest absolute Gasteiger partial charge is 0.119 e. The molecule has 0 aliphatic heterocycles. The Morgan fingerprint density at radius 1 is 1.15 bits per heavy atom. The van der Waals surface area contributed by atoms with Crippen LogP contribution in [0.5, 0.6) is 5.75 Å². The SMILES string of the molecule is CCNC(c1cccc(OC)c1)c1ccc(C)c(Br)c1. The molecule has 0 spiro atoms. The van der Waals surface area contributed by atoms with E-state index in [0.29, 0.717) is 0 Å². The van der Waals surface area contributed by atoms with E-state index in [9.17, 15) is 0 Å². The molecule has 0 fully saturated rings. The summed E-state index contributed by atoms with van der Waals surface area (Å²) in [5.41, 5.74) is 3.70. The van der Waals surface area contributed by atoms with Gasteiger partial charge in [0.15, 0.2) is 0 Å². The van der Waals surface area contributed by atoms with Crippen LogP contribution in [0.25, 0.3) is 0 Å². The highest BCUT2D eigenvalue weighted by molar-refractivity contribution is 9.10. The second kappa shape index (κ2) is 6.91. The molecule has 0 aliphatic rings. The summed E-state index contributed by atoms with van der Waals surface area (Å²) < 4.78 is 6.46. The fourth-order valence-corrected chi connectivity index (χ4v) is 2.64. The zero-order chi connectivity index (χ0) is 14.5. The number of ether oxygens (including phenoxy) is 1. The Balaban J connectivity index is 2.41. The molecular weight excluding hydrogens is 314 g/mol. The maximum atomic E-state index is 5.32. The van der Waals surface area contributed by atoms with E-state index in [-0.39, 0.29) is 6.04 Å². The van der Waals surface area contributed by atoms with E-state index in [1.54, 1.807) is 7.11 Å². The first kappa shape index (κ1) is 15.1. The molecule has 1 N–H and O–H groups in total. The van der Waals surface area contributed by atoms with E-state index in [1.807, 2.05) is 12.1 Å². The molecular formula is C17H20BrNO. The minimum absolute atomic E-state index is 0.173. The topological polar surface area (TPSA) is 21.3 Å². The summed E-state index contributed by atoms with van der Waals surface area (Å²) in [6.45, 7) is 5.13. The fraction of sp³-hybridized carbons (Fsp3) is 0.294. The summed E-state index contributed by atoms with van der Waals surface area (Å²) in [6.07, 6.45) is 0. The largest absolute Gasteiger partial charge is 0.497 e. The summed E-state index contributed by atoms with van der Waals surface area (Å²) >= 11 is 3.61. The van der Waals surface area contributed by atoms with Crippen LogP contribution in [0, 0.1) is 6.92 Å². The van der Waals surface area contributed by atoms with Crippen LogP contribution in [0.1, 0.15) is 29.7 Å². The molecule has 1 unspecified atom stereocenters. The number of hydrogen-bond acceptors (Lipinski definition) is 2. The van der Waals surface area contributed by atoms with Crippen LogP contribution in [0.4, 0.5) is 0 Å². The third kappa shape index (κ3) is 3.41. The quantitative estimate of drug-likeness (QED) is 0.871. The average Bonchev–Trinajstić information content (AvgIpc) is 2.48. The van der Waals surface area contributed by atoms with Gasteiger partial charge in [0, 0.05) is 4.47 Å². The molecule has 0 aromatic heterocycles. The molecule has 0 radical (unpaired) electrons. The van der Waals surface area contributed by atoms with Crippen molar-refractivity contribution < 1.29 is 4.74 Å². The van der Waals surface area contributed by atoms with Crippen molar-refractivity contribution >= 4 is 15.9 Å². The van der Waals surface area contributed by atoms with Crippen molar-refractivity contribution in [3.05, 3.63) is 63.6 Å². The first-order valence-corrected chi connectivity index (χ1v) is 7.58. The molecule has 0 heterocycles. The van der Waals surface area contributed by atoms with E-state index < -0.39 is 0 Å². The summed E-state index contributed by atoms with van der Waals surface area (Å²) in [7, 11) is 1.70. The van der Waals surface area contributed by atoms with Crippen molar-refractivity contribution in [3.8, 4) is 5.75 Å². The van der Waals surface area contributed by atoms with Crippen molar-refractivity contribution in [1.29, 1.82) is 0 Å². The van der Waals surface area contributed by atoms with E-state index in [2.05, 4.69) is 65.4 Å². The molecule has 0 bridgehead atoms. The Morgan fingerprint density at radius 3 is 2.55 bits per heavy atom. The minimum Gasteiger partial charge on any atom is -0.497 e. The van der Waals surface area contributed by atoms with Crippen LogP contribution in [-0.4, -0.2) is 13.7 Å². The van der Waals surface area contributed by atoms with Gasteiger partial charge in [-0.15, -0.1) is 0 Å². The van der Waals surface area contributed by atoms with E-state index in [0.717, 1.165) is 16.8 Å². The number of benzene rings is 2. The van der Waals surface area contributed by atoms with Gasteiger partial charge in [-0.05, 0) is 48.4 Å². The number of aryl methyl sites for hydroxylation is 1. The molecule has 2 rings (SSSR count). The zero-order valence-corrected chi connectivity index (χ0v) is 13.7. The van der Waals surface area contributed by atoms with Crippen LogP contribution in [0.15, 0.2) is 46.9 Å². The second-order valence-corrected chi connectivity index (χ2v) is 5.63. The number of rotatable bonds is 5. The third-order valence-corrected chi connectivity index (χ3v) is 4.22. The van der Waals surface area contributed by atoms with Gasteiger partial charge in [-0.1, -0.05) is 47.1 Å². The van der Waals surface area contributed by atoms with Crippen LogP contribution >= 0.6 is 15.9 Å². The number of halogens is 1. The molecule has 0 aliphatic carbocycles. The fourth-order valence-electron chi connectivity index (χ4n) is 2.24. The van der Waals surface area contributed by atoms with E-state index >= 15 is 0 Å². The predicted octanol–water partition coefficient (Wildman–Crippen LogP) is 4.47. The van der Waals surface area contributed by atoms with Crippen LogP contribution in [0.3, 0.4) is 0 Å². The van der Waals surface area contributed by atoms with Gasteiger partial charge in [-0.25, -0.2) is 0 Å². The average molecular weight is 334 g/mol. The lowest BCUT2D eigenvalue weighted by Gasteiger charge is -2.20. The lowest BCUT2D eigenvalue weighted by Crippen LogP contribution is -2.22. The molecule has 20 heavy (non-hydrogen) atoms. The Morgan fingerprint density at radius 2 is 1.90 bits per heavy atom. The number of nitrogens with one attached hydrogen (secondary N) is 1. The molecule has 3 heteroatoms. The number of hydrogen-bond donors (Lipinski definition) is 1. The second-order valence-electron chi connectivity index (χ2n) is 4.78. The van der Waals surface area contributed by atoms with Gasteiger partial charge in [0.1, 0.15) is 5.75 Å². The van der Waals surface area contributed by atoms with Gasteiger partial charge in [0.25, 0.3) is 0 Å². The summed E-state index contributed by atoms with van der Waals surface area (Å²) in [5.74, 6) is 0.886. The van der Waals surface area contributed by atoms with Gasteiger partial charge in [0.05, 0.1) is 13.2 Å². The van der Waals surface area contributed by atoms with Crippen molar-refractivity contribution in [1.82, 2.24) is 5.32 Å². The summed E-state index contributed by atoms with van der Waals surface area (Å²) in [4.78, 5) is 0. The lowest BCUT2D eigenvalue weighted by atomic mass is 9.97. The van der Waals surface area contributed by atoms with Gasteiger partial charge in [0.2, 0.25) is 0 Å². The highest BCUT2D eigenvalue weighted by Gasteiger charge is 2.14. The molecule has 1 atom stereocenters. The first-order valence-electron chi connectivity index (χ1n) is 6.79. The molecule has 106 valence electrons. The van der Waals surface area contributed by atoms with Crippen molar-refractivity contribution in [2.24, 2.45) is 0 Å².